The molecule has 0 radical (unpaired) electrons. The topological polar surface area (TPSA) is 75.8 Å². The lowest BCUT2D eigenvalue weighted by molar-refractivity contribution is 0.0697. The Hall–Kier alpha value is -2.57. The molecule has 2 fully saturated rings. The van der Waals surface area contributed by atoms with Gasteiger partial charge in [0.25, 0.3) is 0 Å². The van der Waals surface area contributed by atoms with Crippen LogP contribution in [0, 0.1) is 17.7 Å². The lowest BCUT2D eigenvalue weighted by Gasteiger charge is -2.31. The number of carbonyl (C=O) groups is 1. The van der Waals surface area contributed by atoms with Crippen molar-refractivity contribution in [1.82, 2.24) is 5.16 Å². The summed E-state index contributed by atoms with van der Waals surface area (Å²) in [4.78, 5) is 13.9. The second-order valence-corrected chi connectivity index (χ2v) is 6.81. The number of anilines is 1. The van der Waals surface area contributed by atoms with Crippen molar-refractivity contribution in [2.45, 2.75) is 19.3 Å². The van der Waals surface area contributed by atoms with Gasteiger partial charge in [-0.2, -0.15) is 0 Å². The largest absolute Gasteiger partial charge is 0.494 e. The standard InChI is InChI=1S/C18H19FN2O4/c1-24-14-7-12(4-5-13(14)19)16-15(18(22)23)17(20-25-16)21-8-10-2-3-11(6-10)9-21/h4-5,7,10-11H,2-3,6,8-9H2,1H3,(H,22,23)/t10-,11+. The Labute approximate surface area is 144 Å². The maximum absolute atomic E-state index is 13.6. The van der Waals surface area contributed by atoms with Crippen molar-refractivity contribution < 1.29 is 23.6 Å². The SMILES string of the molecule is COc1cc(-c2onc(N3C[C@@H]4CC[C@@H](C4)C3)c2C(=O)O)ccc1F. The van der Waals surface area contributed by atoms with Crippen LogP contribution in [0.3, 0.4) is 0 Å². The lowest BCUT2D eigenvalue weighted by atomic mass is 9.98. The Bertz CT molecular complexity index is 807. The lowest BCUT2D eigenvalue weighted by Crippen LogP contribution is -2.37. The minimum atomic E-state index is -1.10. The van der Waals surface area contributed by atoms with Crippen LogP contribution in [0.5, 0.6) is 5.75 Å². The summed E-state index contributed by atoms with van der Waals surface area (Å²) in [7, 11) is 1.36. The quantitative estimate of drug-likeness (QED) is 0.914. The predicted molar refractivity (Wildman–Crippen MR) is 88.5 cm³/mol. The van der Waals surface area contributed by atoms with Crippen molar-refractivity contribution in [2.24, 2.45) is 11.8 Å². The maximum Gasteiger partial charge on any atom is 0.343 e. The third-order valence-electron chi connectivity index (χ3n) is 5.21. The Kier molecular flexibility index (Phi) is 3.86. The molecule has 0 amide bonds. The van der Waals surface area contributed by atoms with Crippen molar-refractivity contribution in [3.05, 3.63) is 29.6 Å². The van der Waals surface area contributed by atoms with E-state index in [0.717, 1.165) is 13.1 Å². The monoisotopic (exact) mass is 346 g/mol. The van der Waals surface area contributed by atoms with Gasteiger partial charge < -0.3 is 19.3 Å². The second-order valence-electron chi connectivity index (χ2n) is 6.81. The highest BCUT2D eigenvalue weighted by molar-refractivity contribution is 5.99. The Balaban J connectivity index is 1.75. The molecule has 2 atom stereocenters. The van der Waals surface area contributed by atoms with Gasteiger partial charge in [-0.15, -0.1) is 0 Å². The summed E-state index contributed by atoms with van der Waals surface area (Å²) in [6, 6.07) is 4.11. The molecule has 7 heteroatoms. The predicted octanol–water partition coefficient (Wildman–Crippen LogP) is 3.42. The summed E-state index contributed by atoms with van der Waals surface area (Å²) < 4.78 is 24.0. The zero-order chi connectivity index (χ0) is 17.6. The normalized spacial score (nSPS) is 22.2. The van der Waals surface area contributed by atoms with E-state index in [1.807, 2.05) is 4.90 Å². The molecule has 6 nitrogen and oxygen atoms in total. The van der Waals surface area contributed by atoms with Crippen LogP contribution in [0.1, 0.15) is 29.6 Å². The van der Waals surface area contributed by atoms with E-state index < -0.39 is 11.8 Å². The van der Waals surface area contributed by atoms with Gasteiger partial charge in [0.15, 0.2) is 28.7 Å². The van der Waals surface area contributed by atoms with Gasteiger partial charge in [-0.3, -0.25) is 0 Å². The molecule has 1 N–H and O–H groups in total. The highest BCUT2D eigenvalue weighted by Gasteiger charge is 2.37. The molecule has 1 aliphatic carbocycles. The van der Waals surface area contributed by atoms with Gasteiger partial charge >= 0.3 is 5.97 Å². The van der Waals surface area contributed by atoms with Gasteiger partial charge in [0, 0.05) is 18.7 Å². The molecule has 4 rings (SSSR count). The molecule has 1 aromatic carbocycles. The van der Waals surface area contributed by atoms with Crippen LogP contribution in [0.2, 0.25) is 0 Å². The van der Waals surface area contributed by atoms with Gasteiger partial charge in [-0.05, 0) is 49.3 Å². The fourth-order valence-corrected chi connectivity index (χ4v) is 4.07. The number of carboxylic acid groups (broad SMARTS) is 1. The highest BCUT2D eigenvalue weighted by Crippen LogP contribution is 2.40. The first-order valence-corrected chi connectivity index (χ1v) is 8.38. The number of benzene rings is 1. The molecular weight excluding hydrogens is 327 g/mol. The van der Waals surface area contributed by atoms with Crippen LogP contribution in [-0.2, 0) is 0 Å². The molecule has 2 bridgehead atoms. The van der Waals surface area contributed by atoms with E-state index in [2.05, 4.69) is 5.16 Å². The summed E-state index contributed by atoms with van der Waals surface area (Å²) in [6.45, 7) is 1.60. The third kappa shape index (κ3) is 2.73. The van der Waals surface area contributed by atoms with Crippen molar-refractivity contribution in [1.29, 1.82) is 0 Å². The minimum absolute atomic E-state index is 0.0231. The molecule has 2 heterocycles. The minimum Gasteiger partial charge on any atom is -0.494 e. The number of halogens is 1. The summed E-state index contributed by atoms with van der Waals surface area (Å²) in [5.41, 5.74) is 0.448. The van der Waals surface area contributed by atoms with Crippen LogP contribution in [0.15, 0.2) is 22.7 Å². The van der Waals surface area contributed by atoms with Crippen LogP contribution >= 0.6 is 0 Å². The second kappa shape index (κ2) is 6.06. The van der Waals surface area contributed by atoms with E-state index in [0.29, 0.717) is 23.2 Å². The number of nitrogens with zero attached hydrogens (tertiary/aromatic N) is 2. The van der Waals surface area contributed by atoms with Crippen LogP contribution in [0.25, 0.3) is 11.3 Å². The molecule has 0 spiro atoms. The summed E-state index contributed by atoms with van der Waals surface area (Å²) in [5, 5.41) is 13.8. The van der Waals surface area contributed by atoms with E-state index in [1.54, 1.807) is 0 Å². The van der Waals surface area contributed by atoms with E-state index >= 15 is 0 Å². The average Bonchev–Trinajstić information content (AvgIpc) is 3.19. The number of hydrogen-bond donors (Lipinski definition) is 1. The molecule has 1 saturated heterocycles. The van der Waals surface area contributed by atoms with Gasteiger partial charge in [-0.25, -0.2) is 9.18 Å². The molecule has 1 aliphatic heterocycles. The van der Waals surface area contributed by atoms with Crippen LogP contribution in [-0.4, -0.2) is 36.4 Å². The smallest absolute Gasteiger partial charge is 0.343 e. The molecule has 132 valence electrons. The van der Waals surface area contributed by atoms with Gasteiger partial charge in [-0.1, -0.05) is 5.16 Å². The van der Waals surface area contributed by atoms with E-state index in [1.165, 1.54) is 44.6 Å². The van der Waals surface area contributed by atoms with Gasteiger partial charge in [0.05, 0.1) is 7.11 Å². The number of carboxylic acids is 1. The van der Waals surface area contributed by atoms with Crippen LogP contribution in [0.4, 0.5) is 10.2 Å². The molecule has 25 heavy (non-hydrogen) atoms. The Morgan fingerprint density at radius 1 is 1.36 bits per heavy atom. The summed E-state index contributed by atoms with van der Waals surface area (Å²) >= 11 is 0. The molecule has 2 aromatic rings. The number of fused-ring (bicyclic) bond motifs is 2. The van der Waals surface area contributed by atoms with E-state index in [-0.39, 0.29) is 17.1 Å². The summed E-state index contributed by atoms with van der Waals surface area (Å²) in [6.07, 6.45) is 3.58. The van der Waals surface area contributed by atoms with Crippen molar-refractivity contribution in [3.63, 3.8) is 0 Å². The molecular formula is C18H19FN2O4. The zero-order valence-corrected chi connectivity index (χ0v) is 13.9. The highest BCUT2D eigenvalue weighted by atomic mass is 19.1. The number of piperidine rings is 1. The number of aromatic carboxylic acids is 1. The number of methoxy groups -OCH3 is 1. The first-order chi connectivity index (χ1) is 12.1. The zero-order valence-electron chi connectivity index (χ0n) is 13.9. The first-order valence-electron chi connectivity index (χ1n) is 8.38. The Morgan fingerprint density at radius 2 is 2.08 bits per heavy atom. The van der Waals surface area contributed by atoms with Crippen molar-refractivity contribution >= 4 is 11.8 Å². The number of hydrogen-bond acceptors (Lipinski definition) is 5. The maximum atomic E-state index is 13.6. The fraction of sp³-hybridized carbons (Fsp3) is 0.444. The number of rotatable bonds is 4. The van der Waals surface area contributed by atoms with Crippen LogP contribution < -0.4 is 9.64 Å². The number of aromatic nitrogens is 1. The fourth-order valence-electron chi connectivity index (χ4n) is 4.07. The third-order valence-corrected chi connectivity index (χ3v) is 5.21. The molecule has 1 aromatic heterocycles. The van der Waals surface area contributed by atoms with Gasteiger partial charge in [0.1, 0.15) is 0 Å². The number of ether oxygens (including phenoxy) is 1. The van der Waals surface area contributed by atoms with Crippen molar-refractivity contribution in [2.75, 3.05) is 25.1 Å². The molecule has 2 aliphatic rings. The van der Waals surface area contributed by atoms with Gasteiger partial charge in [0.2, 0.25) is 0 Å². The van der Waals surface area contributed by atoms with Crippen molar-refractivity contribution in [3.8, 4) is 17.1 Å². The molecule has 0 unspecified atom stereocenters. The van der Waals surface area contributed by atoms with E-state index in [4.69, 9.17) is 9.26 Å². The molecule has 1 saturated carbocycles. The first kappa shape index (κ1) is 15.9. The average molecular weight is 346 g/mol. The Morgan fingerprint density at radius 3 is 2.72 bits per heavy atom. The van der Waals surface area contributed by atoms with E-state index in [9.17, 15) is 14.3 Å². The summed E-state index contributed by atoms with van der Waals surface area (Å²) in [5.74, 6) is 0.0739.